The van der Waals surface area contributed by atoms with Crippen LogP contribution in [0, 0.1) is 0 Å². The molecule has 0 atom stereocenters. The van der Waals surface area contributed by atoms with Gasteiger partial charge in [0.05, 0.1) is 17.8 Å². The summed E-state index contributed by atoms with van der Waals surface area (Å²) in [7, 11) is 0. The number of fused-ring (bicyclic) bond motifs is 6. The second-order valence-corrected chi connectivity index (χ2v) is 10.6. The van der Waals surface area contributed by atoms with Crippen LogP contribution >= 0.6 is 0 Å². The molecule has 1 nitrogen and oxygen atoms in total. The van der Waals surface area contributed by atoms with Gasteiger partial charge in [-0.1, -0.05) is 139 Å². The zero-order valence-corrected chi connectivity index (χ0v) is 23.1. The number of para-hydroxylation sites is 1. The molecule has 0 saturated carbocycles. The van der Waals surface area contributed by atoms with Crippen LogP contribution in [0.4, 0.5) is 0 Å². The lowest BCUT2D eigenvalue weighted by Crippen LogP contribution is -1.96. The maximum atomic E-state index is 9.33. The summed E-state index contributed by atoms with van der Waals surface area (Å²) in [5.41, 5.74) is 3.61. The number of benzene rings is 8. The van der Waals surface area contributed by atoms with Crippen LogP contribution in [0.3, 0.4) is 0 Å². The summed E-state index contributed by atoms with van der Waals surface area (Å²) in [4.78, 5) is 0. The molecule has 8 aromatic carbocycles. The topological polar surface area (TPSA) is 13.1 Å². The zero-order valence-electron chi connectivity index (χ0n) is 36.1. The molecule has 0 spiro atoms. The SMILES string of the molecule is [2H]c1c([2H])c([2H])c(Cc2c3c([2H])c([2H])c([2H])c([2H])c3c(-c3ccc(-c4ccc5oc6ccccc6c5c4)c4ccccc34)c3c([2H])c([2H])c([2H])c([2H])c23)c([2H])c1[2H]. The molecule has 206 valence electrons. The minimum Gasteiger partial charge on any atom is -0.456 e. The predicted octanol–water partition coefficient (Wildman–Crippen LogP) is 12.0. The summed E-state index contributed by atoms with van der Waals surface area (Å²) in [6.07, 6.45) is -0.488. The van der Waals surface area contributed by atoms with Crippen molar-refractivity contribution in [2.45, 2.75) is 6.42 Å². The molecule has 0 N–H and O–H groups in total. The van der Waals surface area contributed by atoms with Gasteiger partial charge in [0.1, 0.15) is 11.2 Å². The van der Waals surface area contributed by atoms with E-state index in [1.54, 1.807) is 6.07 Å². The van der Waals surface area contributed by atoms with Gasteiger partial charge in [0, 0.05) is 10.8 Å². The Bertz CT molecular complexity index is 3150. The van der Waals surface area contributed by atoms with Crippen molar-refractivity contribution in [3.8, 4) is 22.3 Å². The fourth-order valence-corrected chi connectivity index (χ4v) is 6.35. The smallest absolute Gasteiger partial charge is 0.135 e. The van der Waals surface area contributed by atoms with Gasteiger partial charge in [-0.25, -0.2) is 0 Å². The quantitative estimate of drug-likeness (QED) is 0.191. The maximum absolute atomic E-state index is 9.33. The zero-order chi connectivity index (χ0) is 40.3. The molecule has 0 aliphatic heterocycles. The standard InChI is InChI=1S/C43H28O/c1-2-12-28(13-3-1)26-39-33-16-6-8-19-36(33)43(37-20-9-7-17-34(37)39)38-24-23-30(31-14-4-5-15-32(31)38)29-22-25-42-40(27-29)35-18-10-11-21-41(35)44-42/h1-25,27H,26H2/i1D,2D,3D,6D,7D,8D,9D,12D,13D,16D,17D,19D,20D. The van der Waals surface area contributed by atoms with Gasteiger partial charge < -0.3 is 4.42 Å². The predicted molar refractivity (Wildman–Crippen MR) is 186 cm³/mol. The third-order valence-electron chi connectivity index (χ3n) is 8.27. The van der Waals surface area contributed by atoms with Crippen LogP contribution in [0.5, 0.6) is 0 Å². The third-order valence-corrected chi connectivity index (χ3v) is 8.27. The summed E-state index contributed by atoms with van der Waals surface area (Å²) < 4.78 is 120. The molecule has 1 heterocycles. The summed E-state index contributed by atoms with van der Waals surface area (Å²) in [6.45, 7) is 0. The van der Waals surface area contributed by atoms with Crippen molar-refractivity contribution in [3.63, 3.8) is 0 Å². The minimum atomic E-state index is -0.615. The van der Waals surface area contributed by atoms with Crippen molar-refractivity contribution in [1.29, 1.82) is 0 Å². The minimum absolute atomic E-state index is 0.0113. The monoisotopic (exact) mass is 573 g/mol. The largest absolute Gasteiger partial charge is 0.456 e. The molecule has 9 aromatic rings. The van der Waals surface area contributed by atoms with E-state index in [-0.39, 0.29) is 38.2 Å². The van der Waals surface area contributed by atoms with Crippen LogP contribution in [-0.2, 0) is 6.42 Å². The Kier molecular flexibility index (Phi) is 3.44. The normalized spacial score (nSPS) is 15.9. The molecule has 0 bridgehead atoms. The van der Waals surface area contributed by atoms with E-state index in [1.165, 1.54) is 0 Å². The Balaban J connectivity index is 1.44. The third kappa shape index (κ3) is 3.87. The molecule has 0 amide bonds. The lowest BCUT2D eigenvalue weighted by atomic mass is 9.84. The highest BCUT2D eigenvalue weighted by atomic mass is 16.3. The Labute approximate surface area is 273 Å². The van der Waals surface area contributed by atoms with E-state index >= 15 is 0 Å². The first-order valence-electron chi connectivity index (χ1n) is 20.7. The number of hydrogen-bond donors (Lipinski definition) is 0. The van der Waals surface area contributed by atoms with Gasteiger partial charge in [0.2, 0.25) is 0 Å². The van der Waals surface area contributed by atoms with E-state index in [1.807, 2.05) is 72.8 Å². The van der Waals surface area contributed by atoms with Crippen LogP contribution in [-0.4, -0.2) is 0 Å². The van der Waals surface area contributed by atoms with Crippen LogP contribution in [0.15, 0.2) is 162 Å². The molecule has 1 aromatic heterocycles. The van der Waals surface area contributed by atoms with Crippen molar-refractivity contribution in [2.24, 2.45) is 0 Å². The summed E-state index contributed by atoms with van der Waals surface area (Å²) in [5.74, 6) is 0. The lowest BCUT2D eigenvalue weighted by Gasteiger charge is -2.19. The Morgan fingerprint density at radius 3 is 1.75 bits per heavy atom. The molecule has 0 aliphatic rings. The van der Waals surface area contributed by atoms with Crippen LogP contribution in [0.2, 0.25) is 0 Å². The first-order chi connectivity index (χ1) is 27.2. The average Bonchev–Trinajstić information content (AvgIpc) is 3.60. The molecule has 0 fully saturated rings. The highest BCUT2D eigenvalue weighted by Crippen LogP contribution is 2.44. The molecule has 0 radical (unpaired) electrons. The van der Waals surface area contributed by atoms with E-state index in [9.17, 15) is 5.48 Å². The maximum Gasteiger partial charge on any atom is 0.135 e. The van der Waals surface area contributed by atoms with Crippen molar-refractivity contribution in [2.75, 3.05) is 0 Å². The van der Waals surface area contributed by atoms with E-state index in [4.69, 9.17) is 16.8 Å². The van der Waals surface area contributed by atoms with E-state index in [2.05, 4.69) is 0 Å². The first-order valence-corrected chi connectivity index (χ1v) is 14.2. The van der Waals surface area contributed by atoms with Crippen molar-refractivity contribution < 1.29 is 22.2 Å². The number of hydrogen-bond acceptors (Lipinski definition) is 1. The Morgan fingerprint density at radius 2 is 1.02 bits per heavy atom. The van der Waals surface area contributed by atoms with Crippen molar-refractivity contribution >= 4 is 54.3 Å². The van der Waals surface area contributed by atoms with Crippen LogP contribution in [0.1, 0.15) is 28.9 Å². The summed E-state index contributed by atoms with van der Waals surface area (Å²) in [6, 6.07) is 17.7. The lowest BCUT2D eigenvalue weighted by molar-refractivity contribution is 0.669. The van der Waals surface area contributed by atoms with Gasteiger partial charge in [-0.15, -0.1) is 0 Å². The van der Waals surface area contributed by atoms with E-state index in [0.717, 1.165) is 38.5 Å². The number of rotatable bonds is 4. The molecule has 0 saturated heterocycles. The fourth-order valence-electron chi connectivity index (χ4n) is 6.35. The highest BCUT2D eigenvalue weighted by Gasteiger charge is 2.18. The molecule has 1 heteroatoms. The van der Waals surface area contributed by atoms with E-state index in [0.29, 0.717) is 10.9 Å². The fraction of sp³-hybridized carbons (Fsp3) is 0.0233. The molecular weight excluding hydrogens is 532 g/mol. The van der Waals surface area contributed by atoms with Gasteiger partial charge in [-0.2, -0.15) is 0 Å². The highest BCUT2D eigenvalue weighted by molar-refractivity contribution is 6.20. The van der Waals surface area contributed by atoms with Crippen molar-refractivity contribution in [3.05, 3.63) is 169 Å². The van der Waals surface area contributed by atoms with Gasteiger partial charge in [0.25, 0.3) is 0 Å². The Hall–Kier alpha value is -5.66. The van der Waals surface area contributed by atoms with Gasteiger partial charge in [-0.05, 0) is 90.3 Å². The summed E-state index contributed by atoms with van der Waals surface area (Å²) >= 11 is 0. The van der Waals surface area contributed by atoms with Gasteiger partial charge in [0.15, 0.2) is 0 Å². The van der Waals surface area contributed by atoms with Gasteiger partial charge in [-0.3, -0.25) is 0 Å². The first kappa shape index (κ1) is 15.2. The van der Waals surface area contributed by atoms with Crippen LogP contribution < -0.4 is 0 Å². The van der Waals surface area contributed by atoms with E-state index < -0.39 is 85.0 Å². The second kappa shape index (κ2) is 9.97. The van der Waals surface area contributed by atoms with Crippen molar-refractivity contribution in [1.82, 2.24) is 0 Å². The van der Waals surface area contributed by atoms with Crippen LogP contribution in [0.25, 0.3) is 76.5 Å². The molecular formula is C43H28O. The summed E-state index contributed by atoms with van der Waals surface area (Å²) in [5, 5.41) is 3.10. The molecule has 0 unspecified atom stereocenters. The molecule has 44 heavy (non-hydrogen) atoms. The Morgan fingerprint density at radius 1 is 0.455 bits per heavy atom. The number of furan rings is 1. The average molecular weight is 574 g/mol. The molecule has 0 aliphatic carbocycles. The molecule has 9 rings (SSSR count). The second-order valence-electron chi connectivity index (χ2n) is 10.6. The van der Waals surface area contributed by atoms with Gasteiger partial charge >= 0.3 is 0 Å².